The van der Waals surface area contributed by atoms with E-state index < -0.39 is 0 Å². The molecule has 2 N–H and O–H groups in total. The van der Waals surface area contributed by atoms with E-state index in [1.807, 2.05) is 7.05 Å². The second-order valence-corrected chi connectivity index (χ2v) is 5.97. The molecule has 0 aliphatic heterocycles. The third-order valence-corrected chi connectivity index (χ3v) is 4.29. The van der Waals surface area contributed by atoms with E-state index in [0.29, 0.717) is 0 Å². The lowest BCUT2D eigenvalue weighted by Gasteiger charge is -2.21. The Hall–Kier alpha value is 0. The van der Waals surface area contributed by atoms with Crippen LogP contribution in [0.1, 0.15) is 57.8 Å². The maximum atomic E-state index is 4.27. The fourth-order valence-corrected chi connectivity index (χ4v) is 2.86. The molecule has 3 nitrogen and oxygen atoms in total. The molecule has 2 rings (SSSR count). The first kappa shape index (κ1) is 17.1. The largest absolute Gasteiger partial charge is 0.356 e. The van der Waals surface area contributed by atoms with Crippen LogP contribution in [0.5, 0.6) is 0 Å². The van der Waals surface area contributed by atoms with Crippen LogP contribution in [0, 0.1) is 11.8 Å². The lowest BCUT2D eigenvalue weighted by Crippen LogP contribution is -2.38. The molecule has 112 valence electrons. The Morgan fingerprint density at radius 1 is 1.00 bits per heavy atom. The van der Waals surface area contributed by atoms with Gasteiger partial charge in [-0.3, -0.25) is 4.99 Å². The summed E-state index contributed by atoms with van der Waals surface area (Å²) in [6.45, 7) is 2.17. The van der Waals surface area contributed by atoms with Gasteiger partial charge in [0.15, 0.2) is 5.96 Å². The fraction of sp³-hybridized carbons (Fsp3) is 0.933. The predicted octanol–water partition coefficient (Wildman–Crippen LogP) is 3.54. The van der Waals surface area contributed by atoms with Crippen LogP contribution >= 0.6 is 24.0 Å². The van der Waals surface area contributed by atoms with Gasteiger partial charge in [0.25, 0.3) is 0 Å². The summed E-state index contributed by atoms with van der Waals surface area (Å²) in [6, 6.07) is 0. The van der Waals surface area contributed by atoms with Crippen LogP contribution in [0.2, 0.25) is 0 Å². The molecular weight excluding hydrogens is 349 g/mol. The minimum absolute atomic E-state index is 0. The molecule has 0 aromatic heterocycles. The quantitative estimate of drug-likeness (QED) is 0.321. The molecule has 0 atom stereocenters. The van der Waals surface area contributed by atoms with Gasteiger partial charge < -0.3 is 10.6 Å². The number of guanidine groups is 1. The Morgan fingerprint density at radius 2 is 1.74 bits per heavy atom. The number of halogens is 1. The van der Waals surface area contributed by atoms with Gasteiger partial charge in [0, 0.05) is 20.1 Å². The molecule has 0 radical (unpaired) electrons. The highest BCUT2D eigenvalue weighted by molar-refractivity contribution is 14.0. The molecule has 0 saturated heterocycles. The molecule has 2 fully saturated rings. The average molecular weight is 379 g/mol. The van der Waals surface area contributed by atoms with Crippen molar-refractivity contribution in [3.8, 4) is 0 Å². The van der Waals surface area contributed by atoms with Crippen molar-refractivity contribution in [1.82, 2.24) is 10.6 Å². The lowest BCUT2D eigenvalue weighted by atomic mass is 9.86. The maximum absolute atomic E-state index is 4.27. The summed E-state index contributed by atoms with van der Waals surface area (Å²) < 4.78 is 0. The monoisotopic (exact) mass is 379 g/mol. The van der Waals surface area contributed by atoms with E-state index in [4.69, 9.17) is 0 Å². The zero-order valence-electron chi connectivity index (χ0n) is 12.3. The summed E-state index contributed by atoms with van der Waals surface area (Å²) in [4.78, 5) is 4.27. The summed E-state index contributed by atoms with van der Waals surface area (Å²) >= 11 is 0. The van der Waals surface area contributed by atoms with E-state index in [1.165, 1.54) is 57.8 Å². The van der Waals surface area contributed by atoms with E-state index in [1.54, 1.807) is 0 Å². The first-order valence-corrected chi connectivity index (χ1v) is 7.83. The first-order valence-electron chi connectivity index (χ1n) is 7.83. The molecule has 0 aromatic rings. The standard InChI is InChI=1S/C15H29N3.HI/c1-16-15(18-12-14-9-10-14)17-11-5-8-13-6-3-2-4-7-13;/h13-14H,2-12H2,1H3,(H2,16,17,18);1H. The molecule has 19 heavy (non-hydrogen) atoms. The van der Waals surface area contributed by atoms with Crippen molar-refractivity contribution in [2.24, 2.45) is 16.8 Å². The van der Waals surface area contributed by atoms with E-state index in [2.05, 4.69) is 15.6 Å². The molecule has 0 aromatic carbocycles. The number of hydrogen-bond acceptors (Lipinski definition) is 1. The van der Waals surface area contributed by atoms with Crippen molar-refractivity contribution in [2.75, 3.05) is 20.1 Å². The summed E-state index contributed by atoms with van der Waals surface area (Å²) in [5.41, 5.74) is 0. The third-order valence-electron chi connectivity index (χ3n) is 4.29. The molecule has 0 spiro atoms. The number of hydrogen-bond donors (Lipinski definition) is 2. The Morgan fingerprint density at radius 3 is 2.37 bits per heavy atom. The van der Waals surface area contributed by atoms with Gasteiger partial charge in [-0.1, -0.05) is 32.1 Å². The smallest absolute Gasteiger partial charge is 0.190 e. The number of nitrogens with zero attached hydrogens (tertiary/aromatic N) is 1. The topological polar surface area (TPSA) is 36.4 Å². The van der Waals surface area contributed by atoms with Crippen molar-refractivity contribution in [3.05, 3.63) is 0 Å². The van der Waals surface area contributed by atoms with E-state index in [-0.39, 0.29) is 24.0 Å². The Bertz CT molecular complexity index is 258. The zero-order valence-corrected chi connectivity index (χ0v) is 14.6. The lowest BCUT2D eigenvalue weighted by molar-refractivity contribution is 0.332. The first-order chi connectivity index (χ1) is 8.88. The van der Waals surface area contributed by atoms with Gasteiger partial charge in [0.05, 0.1) is 0 Å². The van der Waals surface area contributed by atoms with E-state index in [9.17, 15) is 0 Å². The van der Waals surface area contributed by atoms with E-state index >= 15 is 0 Å². The summed E-state index contributed by atoms with van der Waals surface area (Å²) in [5.74, 6) is 2.90. The van der Waals surface area contributed by atoms with Crippen molar-refractivity contribution in [2.45, 2.75) is 57.8 Å². The minimum Gasteiger partial charge on any atom is -0.356 e. The normalized spacial score (nSPS) is 20.8. The van der Waals surface area contributed by atoms with Crippen LogP contribution in [-0.4, -0.2) is 26.1 Å². The summed E-state index contributed by atoms with van der Waals surface area (Å²) in [6.07, 6.45) is 12.8. The highest BCUT2D eigenvalue weighted by atomic mass is 127. The van der Waals surface area contributed by atoms with Crippen molar-refractivity contribution < 1.29 is 0 Å². The second-order valence-electron chi connectivity index (χ2n) is 5.97. The van der Waals surface area contributed by atoms with Crippen LogP contribution in [0.4, 0.5) is 0 Å². The number of aliphatic imine (C=N–C) groups is 1. The molecule has 2 aliphatic rings. The Kier molecular flexibility index (Phi) is 8.83. The van der Waals surface area contributed by atoms with Gasteiger partial charge in [0.2, 0.25) is 0 Å². The van der Waals surface area contributed by atoms with Crippen molar-refractivity contribution in [3.63, 3.8) is 0 Å². The molecular formula is C15H30IN3. The van der Waals surface area contributed by atoms with Crippen LogP contribution in [0.3, 0.4) is 0 Å². The van der Waals surface area contributed by atoms with Gasteiger partial charge in [0.1, 0.15) is 0 Å². The fourth-order valence-electron chi connectivity index (χ4n) is 2.86. The maximum Gasteiger partial charge on any atom is 0.190 e. The third kappa shape index (κ3) is 7.37. The van der Waals surface area contributed by atoms with Crippen molar-refractivity contribution >= 4 is 29.9 Å². The minimum atomic E-state index is 0. The van der Waals surface area contributed by atoms with E-state index in [0.717, 1.165) is 30.9 Å². The van der Waals surface area contributed by atoms with Crippen molar-refractivity contribution in [1.29, 1.82) is 0 Å². The number of nitrogens with one attached hydrogen (secondary N) is 2. The average Bonchev–Trinajstić information content (AvgIpc) is 3.23. The molecule has 2 saturated carbocycles. The molecule has 0 amide bonds. The van der Waals surface area contributed by atoms with Gasteiger partial charge in [-0.15, -0.1) is 24.0 Å². The van der Waals surface area contributed by atoms with Crippen LogP contribution in [-0.2, 0) is 0 Å². The van der Waals surface area contributed by atoms with Gasteiger partial charge >= 0.3 is 0 Å². The predicted molar refractivity (Wildman–Crippen MR) is 93.3 cm³/mol. The van der Waals surface area contributed by atoms with Crippen LogP contribution in [0.15, 0.2) is 4.99 Å². The highest BCUT2D eigenvalue weighted by Crippen LogP contribution is 2.27. The van der Waals surface area contributed by atoms with Gasteiger partial charge in [-0.2, -0.15) is 0 Å². The molecule has 0 bridgehead atoms. The zero-order chi connectivity index (χ0) is 12.6. The summed E-state index contributed by atoms with van der Waals surface area (Å²) in [5, 5.41) is 6.84. The molecule has 4 heteroatoms. The molecule has 2 aliphatic carbocycles. The summed E-state index contributed by atoms with van der Waals surface area (Å²) in [7, 11) is 1.86. The van der Waals surface area contributed by atoms with Crippen LogP contribution in [0.25, 0.3) is 0 Å². The van der Waals surface area contributed by atoms with Gasteiger partial charge in [-0.25, -0.2) is 0 Å². The van der Waals surface area contributed by atoms with Gasteiger partial charge in [-0.05, 0) is 37.5 Å². The molecule has 0 heterocycles. The molecule has 0 unspecified atom stereocenters. The number of rotatable bonds is 6. The highest BCUT2D eigenvalue weighted by Gasteiger charge is 2.21. The Labute approximate surface area is 135 Å². The Balaban J connectivity index is 0.00000180. The second kappa shape index (κ2) is 9.83. The van der Waals surface area contributed by atoms with Crippen LogP contribution < -0.4 is 10.6 Å². The SMILES string of the molecule is CN=C(NCCCC1CCCCC1)NCC1CC1.I.